The van der Waals surface area contributed by atoms with Crippen LogP contribution in [0.1, 0.15) is 25.0 Å². The molecule has 0 bridgehead atoms. The molecular formula is C19H24N2O. The number of urea groups is 1. The van der Waals surface area contributed by atoms with Crippen molar-refractivity contribution in [1.29, 1.82) is 0 Å². The Kier molecular flexibility index (Phi) is 6.01. The molecule has 0 heterocycles. The summed E-state index contributed by atoms with van der Waals surface area (Å²) in [6.45, 7) is 4.04. The summed E-state index contributed by atoms with van der Waals surface area (Å²) >= 11 is 0. The van der Waals surface area contributed by atoms with Crippen LogP contribution < -0.4 is 10.6 Å². The van der Waals surface area contributed by atoms with Crippen molar-refractivity contribution in [3.8, 4) is 0 Å². The fourth-order valence-corrected chi connectivity index (χ4v) is 2.53. The molecule has 0 saturated carbocycles. The van der Waals surface area contributed by atoms with Gasteiger partial charge in [0.25, 0.3) is 0 Å². The average Bonchev–Trinajstić information content (AvgIpc) is 2.48. The summed E-state index contributed by atoms with van der Waals surface area (Å²) in [5.41, 5.74) is 2.46. The van der Waals surface area contributed by atoms with Crippen LogP contribution in [0.2, 0.25) is 0 Å². The van der Waals surface area contributed by atoms with Gasteiger partial charge < -0.3 is 10.6 Å². The predicted octanol–water partition coefficient (Wildman–Crippen LogP) is 3.55. The monoisotopic (exact) mass is 296 g/mol. The first-order valence-corrected chi connectivity index (χ1v) is 7.78. The molecule has 2 atom stereocenters. The first-order chi connectivity index (χ1) is 10.6. The first kappa shape index (κ1) is 16.1. The zero-order valence-electron chi connectivity index (χ0n) is 13.3. The first-order valence-electron chi connectivity index (χ1n) is 7.78. The van der Waals surface area contributed by atoms with Gasteiger partial charge in [0.15, 0.2) is 0 Å². The van der Waals surface area contributed by atoms with Gasteiger partial charge in [0.2, 0.25) is 0 Å². The summed E-state index contributed by atoms with van der Waals surface area (Å²) in [5, 5.41) is 5.99. The van der Waals surface area contributed by atoms with Crippen LogP contribution in [-0.2, 0) is 12.8 Å². The van der Waals surface area contributed by atoms with Gasteiger partial charge in [-0.05, 0) is 37.8 Å². The van der Waals surface area contributed by atoms with Crippen molar-refractivity contribution in [2.24, 2.45) is 0 Å². The Balaban J connectivity index is 1.75. The van der Waals surface area contributed by atoms with Gasteiger partial charge in [0, 0.05) is 12.1 Å². The van der Waals surface area contributed by atoms with Crippen LogP contribution in [0.15, 0.2) is 60.7 Å². The fourth-order valence-electron chi connectivity index (χ4n) is 2.53. The lowest BCUT2D eigenvalue weighted by molar-refractivity contribution is 0.234. The van der Waals surface area contributed by atoms with E-state index in [1.54, 1.807) is 0 Å². The molecule has 2 rings (SSSR count). The maximum atomic E-state index is 12.0. The quantitative estimate of drug-likeness (QED) is 0.841. The molecule has 2 aromatic rings. The zero-order chi connectivity index (χ0) is 15.8. The highest BCUT2D eigenvalue weighted by Gasteiger charge is 2.11. The van der Waals surface area contributed by atoms with Crippen molar-refractivity contribution in [2.75, 3.05) is 0 Å². The van der Waals surface area contributed by atoms with Gasteiger partial charge in [-0.3, -0.25) is 0 Å². The van der Waals surface area contributed by atoms with E-state index < -0.39 is 0 Å². The maximum Gasteiger partial charge on any atom is 0.315 e. The highest BCUT2D eigenvalue weighted by molar-refractivity contribution is 5.74. The van der Waals surface area contributed by atoms with Crippen molar-refractivity contribution in [3.63, 3.8) is 0 Å². The molecule has 0 radical (unpaired) electrons. The number of carbonyl (C=O) groups is 1. The van der Waals surface area contributed by atoms with Crippen LogP contribution in [0, 0.1) is 0 Å². The second-order valence-corrected chi connectivity index (χ2v) is 5.80. The molecule has 0 aliphatic heterocycles. The second-order valence-electron chi connectivity index (χ2n) is 5.80. The summed E-state index contributed by atoms with van der Waals surface area (Å²) < 4.78 is 0. The second kappa shape index (κ2) is 8.23. The molecule has 0 aliphatic carbocycles. The number of carbonyl (C=O) groups excluding carboxylic acids is 1. The lowest BCUT2D eigenvalue weighted by Gasteiger charge is -2.18. The number of amides is 2. The molecule has 0 spiro atoms. The number of benzene rings is 2. The Morgan fingerprint density at radius 3 is 1.50 bits per heavy atom. The summed E-state index contributed by atoms with van der Waals surface area (Å²) in [4.78, 5) is 12.0. The molecule has 2 amide bonds. The van der Waals surface area contributed by atoms with Crippen LogP contribution in [0.4, 0.5) is 4.79 Å². The molecule has 0 saturated heterocycles. The Morgan fingerprint density at radius 1 is 0.773 bits per heavy atom. The van der Waals surface area contributed by atoms with Gasteiger partial charge in [0.1, 0.15) is 0 Å². The fraction of sp³-hybridized carbons (Fsp3) is 0.316. The third-order valence-corrected chi connectivity index (χ3v) is 3.52. The molecule has 2 aromatic carbocycles. The topological polar surface area (TPSA) is 41.1 Å². The average molecular weight is 296 g/mol. The third kappa shape index (κ3) is 5.60. The summed E-state index contributed by atoms with van der Waals surface area (Å²) in [6, 6.07) is 20.5. The molecule has 22 heavy (non-hydrogen) atoms. The van der Waals surface area contributed by atoms with Gasteiger partial charge in [-0.2, -0.15) is 0 Å². The van der Waals surface area contributed by atoms with Crippen LogP contribution in [-0.4, -0.2) is 18.1 Å². The summed E-state index contributed by atoms with van der Waals surface area (Å²) in [6.07, 6.45) is 1.67. The van der Waals surface area contributed by atoms with Crippen LogP contribution >= 0.6 is 0 Å². The lowest BCUT2D eigenvalue weighted by Crippen LogP contribution is -2.45. The normalized spacial score (nSPS) is 13.2. The van der Waals surface area contributed by atoms with Crippen molar-refractivity contribution < 1.29 is 4.79 Å². The molecule has 2 N–H and O–H groups in total. The molecular weight excluding hydrogens is 272 g/mol. The largest absolute Gasteiger partial charge is 0.335 e. The van der Waals surface area contributed by atoms with E-state index in [1.807, 2.05) is 50.2 Å². The molecule has 3 heteroatoms. The summed E-state index contributed by atoms with van der Waals surface area (Å²) in [5.74, 6) is 0. The van der Waals surface area contributed by atoms with Gasteiger partial charge in [-0.25, -0.2) is 4.79 Å². The Labute approximate surface area is 132 Å². The lowest BCUT2D eigenvalue weighted by atomic mass is 10.1. The van der Waals surface area contributed by atoms with E-state index >= 15 is 0 Å². The number of rotatable bonds is 6. The zero-order valence-corrected chi connectivity index (χ0v) is 13.3. The molecule has 0 unspecified atom stereocenters. The smallest absolute Gasteiger partial charge is 0.315 e. The minimum atomic E-state index is -0.105. The predicted molar refractivity (Wildman–Crippen MR) is 90.9 cm³/mol. The SMILES string of the molecule is C[C@H](Cc1ccccc1)NC(=O)N[C@H](C)Cc1ccccc1. The van der Waals surface area contributed by atoms with Crippen molar-refractivity contribution >= 4 is 6.03 Å². The van der Waals surface area contributed by atoms with Crippen molar-refractivity contribution in [2.45, 2.75) is 38.8 Å². The van der Waals surface area contributed by atoms with Gasteiger partial charge >= 0.3 is 6.03 Å². The van der Waals surface area contributed by atoms with Gasteiger partial charge in [0.05, 0.1) is 0 Å². The van der Waals surface area contributed by atoms with E-state index in [9.17, 15) is 4.79 Å². The number of hydrogen-bond donors (Lipinski definition) is 2. The van der Waals surface area contributed by atoms with Gasteiger partial charge in [-0.15, -0.1) is 0 Å². The van der Waals surface area contributed by atoms with Crippen LogP contribution in [0.5, 0.6) is 0 Å². The van der Waals surface area contributed by atoms with E-state index in [1.165, 1.54) is 11.1 Å². The van der Waals surface area contributed by atoms with Gasteiger partial charge in [-0.1, -0.05) is 60.7 Å². The van der Waals surface area contributed by atoms with E-state index in [4.69, 9.17) is 0 Å². The van der Waals surface area contributed by atoms with Crippen molar-refractivity contribution in [3.05, 3.63) is 71.8 Å². The molecule has 0 aromatic heterocycles. The molecule has 3 nitrogen and oxygen atoms in total. The van der Waals surface area contributed by atoms with E-state index in [2.05, 4.69) is 34.9 Å². The Hall–Kier alpha value is -2.29. The highest BCUT2D eigenvalue weighted by atomic mass is 16.2. The number of hydrogen-bond acceptors (Lipinski definition) is 1. The van der Waals surface area contributed by atoms with E-state index in [0.717, 1.165) is 12.8 Å². The van der Waals surface area contributed by atoms with Crippen LogP contribution in [0.3, 0.4) is 0 Å². The minimum absolute atomic E-state index is 0.103. The Morgan fingerprint density at radius 2 is 1.14 bits per heavy atom. The molecule has 0 fully saturated rings. The molecule has 116 valence electrons. The Bertz CT molecular complexity index is 517. The highest BCUT2D eigenvalue weighted by Crippen LogP contribution is 2.04. The summed E-state index contributed by atoms with van der Waals surface area (Å²) in [7, 11) is 0. The number of nitrogens with one attached hydrogen (secondary N) is 2. The standard InChI is InChI=1S/C19H24N2O/c1-15(13-17-9-5-3-6-10-17)20-19(22)21-16(2)14-18-11-7-4-8-12-18/h3-12,15-16H,13-14H2,1-2H3,(H2,20,21,22)/t15-,16-/m1/s1. The van der Waals surface area contributed by atoms with Crippen LogP contribution in [0.25, 0.3) is 0 Å². The van der Waals surface area contributed by atoms with E-state index in [-0.39, 0.29) is 18.1 Å². The third-order valence-electron chi connectivity index (χ3n) is 3.52. The van der Waals surface area contributed by atoms with E-state index in [0.29, 0.717) is 0 Å². The maximum absolute atomic E-state index is 12.0. The minimum Gasteiger partial charge on any atom is -0.335 e. The molecule has 0 aliphatic rings. The van der Waals surface area contributed by atoms with Crippen molar-refractivity contribution in [1.82, 2.24) is 10.6 Å².